The van der Waals surface area contributed by atoms with E-state index < -0.39 is 23.7 Å². The highest BCUT2D eigenvalue weighted by Crippen LogP contribution is 2.42. The minimum Gasteiger partial charge on any atom is -0.507 e. The van der Waals surface area contributed by atoms with Crippen molar-refractivity contribution in [1.82, 2.24) is 4.90 Å². The van der Waals surface area contributed by atoms with Gasteiger partial charge in [-0.3, -0.25) is 14.4 Å². The number of Topliss-reactive ketones (excluding diaryl/α,β-unsaturated/α-hetero) is 1. The number of methoxy groups -OCH3 is 3. The maximum absolute atomic E-state index is 13.0. The Hall–Kier alpha value is -4.01. The van der Waals surface area contributed by atoms with Crippen molar-refractivity contribution in [1.29, 1.82) is 0 Å². The van der Waals surface area contributed by atoms with E-state index in [2.05, 4.69) is 0 Å². The van der Waals surface area contributed by atoms with E-state index in [1.54, 1.807) is 42.5 Å². The number of benzene rings is 2. The van der Waals surface area contributed by atoms with E-state index in [-0.39, 0.29) is 30.7 Å². The summed E-state index contributed by atoms with van der Waals surface area (Å²) in [6.07, 6.45) is -0.0190. The van der Waals surface area contributed by atoms with Crippen molar-refractivity contribution in [3.63, 3.8) is 0 Å². The molecule has 1 aliphatic rings. The molecular formula is C24H25NO8. The standard InChI is InChI=1S/C24H25NO8/c1-31-16-9-6-14(7-10-16)22(28)20-21(15-8-11-17(32-2)18(13-15)33-3)25(24(30)23(20)29)12-4-5-19(26)27/h6-11,13,21,28H,4-5,12H2,1-3H3,(H,26,27)/b22-20+. The van der Waals surface area contributed by atoms with E-state index in [0.717, 1.165) is 0 Å². The van der Waals surface area contributed by atoms with Gasteiger partial charge in [0.25, 0.3) is 11.7 Å². The van der Waals surface area contributed by atoms with Crippen LogP contribution in [0.2, 0.25) is 0 Å². The number of carbonyl (C=O) groups is 3. The quantitative estimate of drug-likeness (QED) is 0.336. The zero-order valence-corrected chi connectivity index (χ0v) is 18.5. The van der Waals surface area contributed by atoms with E-state index in [0.29, 0.717) is 28.4 Å². The highest BCUT2D eigenvalue weighted by molar-refractivity contribution is 6.46. The van der Waals surface area contributed by atoms with Crippen molar-refractivity contribution in [3.05, 3.63) is 59.2 Å². The molecule has 174 valence electrons. The van der Waals surface area contributed by atoms with E-state index in [1.807, 2.05) is 0 Å². The summed E-state index contributed by atoms with van der Waals surface area (Å²) in [5, 5.41) is 20.0. The van der Waals surface area contributed by atoms with Gasteiger partial charge in [-0.25, -0.2) is 0 Å². The summed E-state index contributed by atoms with van der Waals surface area (Å²) in [7, 11) is 4.45. The molecule has 3 rings (SSSR count). The molecule has 9 nitrogen and oxygen atoms in total. The minimum atomic E-state index is -1.01. The minimum absolute atomic E-state index is 0.0231. The van der Waals surface area contributed by atoms with Gasteiger partial charge in [0, 0.05) is 18.5 Å². The van der Waals surface area contributed by atoms with Gasteiger partial charge < -0.3 is 29.3 Å². The number of carboxylic acid groups (broad SMARTS) is 1. The highest BCUT2D eigenvalue weighted by Gasteiger charge is 2.46. The summed E-state index contributed by atoms with van der Waals surface area (Å²) < 4.78 is 15.8. The summed E-state index contributed by atoms with van der Waals surface area (Å²) in [6.45, 7) is 0.0231. The van der Waals surface area contributed by atoms with Crippen LogP contribution in [0.3, 0.4) is 0 Å². The number of aliphatic hydroxyl groups excluding tert-OH is 1. The monoisotopic (exact) mass is 455 g/mol. The number of hydrogen-bond donors (Lipinski definition) is 2. The van der Waals surface area contributed by atoms with Crippen LogP contribution >= 0.6 is 0 Å². The second-order valence-corrected chi connectivity index (χ2v) is 7.33. The largest absolute Gasteiger partial charge is 0.507 e. The molecule has 2 aromatic rings. The van der Waals surface area contributed by atoms with Crippen molar-refractivity contribution in [2.45, 2.75) is 18.9 Å². The number of rotatable bonds is 9. The fourth-order valence-corrected chi connectivity index (χ4v) is 3.79. The maximum atomic E-state index is 13.0. The van der Waals surface area contributed by atoms with Crippen molar-refractivity contribution in [2.24, 2.45) is 0 Å². The highest BCUT2D eigenvalue weighted by atomic mass is 16.5. The molecule has 2 aromatic carbocycles. The molecule has 2 N–H and O–H groups in total. The van der Waals surface area contributed by atoms with Crippen LogP contribution in [0.25, 0.3) is 5.76 Å². The second kappa shape index (κ2) is 10.1. The molecule has 0 saturated carbocycles. The van der Waals surface area contributed by atoms with Crippen LogP contribution in [0.4, 0.5) is 0 Å². The first-order valence-electron chi connectivity index (χ1n) is 10.2. The Bertz CT molecular complexity index is 1090. The molecule has 1 amide bonds. The van der Waals surface area contributed by atoms with Gasteiger partial charge in [0.05, 0.1) is 32.9 Å². The molecule has 0 aromatic heterocycles. The summed E-state index contributed by atoms with van der Waals surface area (Å²) in [6, 6.07) is 10.4. The molecule has 9 heteroatoms. The topological polar surface area (TPSA) is 123 Å². The van der Waals surface area contributed by atoms with Gasteiger partial charge >= 0.3 is 5.97 Å². The lowest BCUT2D eigenvalue weighted by molar-refractivity contribution is -0.140. The Morgan fingerprint density at radius 3 is 2.18 bits per heavy atom. The second-order valence-electron chi connectivity index (χ2n) is 7.33. The van der Waals surface area contributed by atoms with E-state index in [1.165, 1.54) is 26.2 Å². The number of ketones is 1. The van der Waals surface area contributed by atoms with E-state index >= 15 is 0 Å². The summed E-state index contributed by atoms with van der Waals surface area (Å²) in [5.74, 6) is -1.59. The van der Waals surface area contributed by atoms with Crippen LogP contribution in [0, 0.1) is 0 Å². The first-order chi connectivity index (χ1) is 15.8. The molecular weight excluding hydrogens is 430 g/mol. The van der Waals surface area contributed by atoms with Crippen molar-refractivity contribution < 1.29 is 38.8 Å². The van der Waals surface area contributed by atoms with Crippen LogP contribution in [0.15, 0.2) is 48.0 Å². The molecule has 1 fully saturated rings. The van der Waals surface area contributed by atoms with E-state index in [9.17, 15) is 19.5 Å². The number of carbonyl (C=O) groups excluding carboxylic acids is 2. The number of carboxylic acids is 1. The number of aliphatic carboxylic acids is 1. The number of aliphatic hydroxyl groups is 1. The van der Waals surface area contributed by atoms with Crippen LogP contribution in [-0.4, -0.2) is 60.6 Å². The lowest BCUT2D eigenvalue weighted by Crippen LogP contribution is -2.31. The van der Waals surface area contributed by atoms with Gasteiger partial charge in [-0.05, 0) is 48.4 Å². The van der Waals surface area contributed by atoms with E-state index in [4.69, 9.17) is 19.3 Å². The molecule has 1 atom stereocenters. The SMILES string of the molecule is COc1ccc(/C(O)=C2\C(=O)C(=O)N(CCCC(=O)O)C2c2ccc(OC)c(OC)c2)cc1. The average molecular weight is 455 g/mol. The van der Waals surface area contributed by atoms with Gasteiger partial charge in [-0.1, -0.05) is 6.07 Å². The predicted octanol–water partition coefficient (Wildman–Crippen LogP) is 3.00. The number of ether oxygens (including phenoxy) is 3. The third kappa shape index (κ3) is 4.77. The van der Waals surface area contributed by atoms with Gasteiger partial charge in [-0.2, -0.15) is 0 Å². The van der Waals surface area contributed by atoms with Crippen molar-refractivity contribution >= 4 is 23.4 Å². The molecule has 1 heterocycles. The zero-order chi connectivity index (χ0) is 24.1. The summed E-state index contributed by atoms with van der Waals surface area (Å²) in [4.78, 5) is 38.2. The first-order valence-corrected chi connectivity index (χ1v) is 10.2. The number of amides is 1. The third-order valence-corrected chi connectivity index (χ3v) is 5.42. The lowest BCUT2D eigenvalue weighted by Gasteiger charge is -2.25. The fraction of sp³-hybridized carbons (Fsp3) is 0.292. The maximum Gasteiger partial charge on any atom is 0.303 e. The Labute approximate surface area is 190 Å². The molecule has 1 aliphatic heterocycles. The van der Waals surface area contributed by atoms with Gasteiger partial charge in [0.2, 0.25) is 0 Å². The van der Waals surface area contributed by atoms with Crippen LogP contribution in [0.1, 0.15) is 30.0 Å². The lowest BCUT2D eigenvalue weighted by atomic mass is 9.95. The average Bonchev–Trinajstić information content (AvgIpc) is 3.08. The Balaban J connectivity index is 2.13. The van der Waals surface area contributed by atoms with Crippen molar-refractivity contribution in [2.75, 3.05) is 27.9 Å². The molecule has 0 radical (unpaired) electrons. The first kappa shape index (κ1) is 23.6. The zero-order valence-electron chi connectivity index (χ0n) is 18.5. The van der Waals surface area contributed by atoms with Crippen LogP contribution in [0.5, 0.6) is 17.2 Å². The molecule has 0 aliphatic carbocycles. The van der Waals surface area contributed by atoms with Crippen LogP contribution < -0.4 is 14.2 Å². The molecule has 1 unspecified atom stereocenters. The Morgan fingerprint density at radius 2 is 1.61 bits per heavy atom. The summed E-state index contributed by atoms with van der Waals surface area (Å²) in [5.41, 5.74) is 0.759. The normalized spacial score (nSPS) is 17.2. The fourth-order valence-electron chi connectivity index (χ4n) is 3.79. The summed E-state index contributed by atoms with van der Waals surface area (Å²) >= 11 is 0. The van der Waals surface area contributed by atoms with Gasteiger partial charge in [0.15, 0.2) is 11.5 Å². The third-order valence-electron chi connectivity index (χ3n) is 5.42. The molecule has 0 bridgehead atoms. The predicted molar refractivity (Wildman–Crippen MR) is 118 cm³/mol. The Morgan fingerprint density at radius 1 is 0.939 bits per heavy atom. The molecule has 0 spiro atoms. The number of hydrogen-bond acceptors (Lipinski definition) is 7. The van der Waals surface area contributed by atoms with Crippen molar-refractivity contribution in [3.8, 4) is 17.2 Å². The van der Waals surface area contributed by atoms with Crippen LogP contribution in [-0.2, 0) is 14.4 Å². The number of likely N-dealkylation sites (tertiary alicyclic amines) is 1. The Kier molecular flexibility index (Phi) is 7.22. The molecule has 33 heavy (non-hydrogen) atoms. The van der Waals surface area contributed by atoms with Gasteiger partial charge in [-0.15, -0.1) is 0 Å². The smallest absolute Gasteiger partial charge is 0.303 e. The van der Waals surface area contributed by atoms with Gasteiger partial charge in [0.1, 0.15) is 11.5 Å². The number of nitrogens with zero attached hydrogens (tertiary/aromatic N) is 1. The molecule has 1 saturated heterocycles.